The molecule has 0 bridgehead atoms. The van der Waals surface area contributed by atoms with Crippen LogP contribution in [0.5, 0.6) is 0 Å². The molecular formula is C7H14N2O. The molecular weight excluding hydrogens is 128 g/mol. The maximum absolute atomic E-state index is 10.8. The van der Waals surface area contributed by atoms with E-state index in [0.717, 1.165) is 6.54 Å². The first-order valence-corrected chi connectivity index (χ1v) is 3.33. The quantitative estimate of drug-likeness (QED) is 0.526. The van der Waals surface area contributed by atoms with Crippen LogP contribution < -0.4 is 10.6 Å². The minimum absolute atomic E-state index is 0.0641. The van der Waals surface area contributed by atoms with Gasteiger partial charge >= 0.3 is 0 Å². The third-order valence-corrected chi connectivity index (χ3v) is 1.05. The smallest absolute Gasteiger partial charge is 0.221 e. The molecule has 0 aliphatic carbocycles. The van der Waals surface area contributed by atoms with E-state index in [0.29, 0.717) is 13.0 Å². The number of carbonyl (C=O) groups excluding carboxylic acids is 1. The summed E-state index contributed by atoms with van der Waals surface area (Å²) in [5, 5.41) is 5.56. The van der Waals surface area contributed by atoms with Crippen LogP contribution in [0.2, 0.25) is 0 Å². The lowest BCUT2D eigenvalue weighted by molar-refractivity contribution is -0.120. The van der Waals surface area contributed by atoms with Gasteiger partial charge in [0.1, 0.15) is 0 Å². The Labute approximate surface area is 61.5 Å². The molecule has 0 radical (unpaired) electrons. The van der Waals surface area contributed by atoms with Crippen molar-refractivity contribution in [3.05, 3.63) is 12.7 Å². The highest BCUT2D eigenvalue weighted by atomic mass is 16.1. The molecule has 0 saturated heterocycles. The summed E-state index contributed by atoms with van der Waals surface area (Å²) >= 11 is 0. The van der Waals surface area contributed by atoms with Crippen molar-refractivity contribution < 1.29 is 4.79 Å². The molecule has 3 heteroatoms. The van der Waals surface area contributed by atoms with Gasteiger partial charge in [0.05, 0.1) is 0 Å². The van der Waals surface area contributed by atoms with E-state index in [1.807, 2.05) is 7.05 Å². The van der Waals surface area contributed by atoms with Crippen LogP contribution in [0.4, 0.5) is 0 Å². The van der Waals surface area contributed by atoms with Crippen LogP contribution in [0.15, 0.2) is 12.7 Å². The van der Waals surface area contributed by atoms with Crippen molar-refractivity contribution >= 4 is 5.91 Å². The predicted octanol–water partition coefficient (Wildman–Crippen LogP) is -0.102. The van der Waals surface area contributed by atoms with E-state index in [4.69, 9.17) is 0 Å². The SMILES string of the molecule is C=CCNC(=O)CCNC. The molecule has 0 spiro atoms. The van der Waals surface area contributed by atoms with Gasteiger partial charge in [-0.3, -0.25) is 4.79 Å². The van der Waals surface area contributed by atoms with Crippen LogP contribution in [0.3, 0.4) is 0 Å². The largest absolute Gasteiger partial charge is 0.353 e. The van der Waals surface area contributed by atoms with Gasteiger partial charge in [0.2, 0.25) is 5.91 Å². The maximum atomic E-state index is 10.8. The highest BCUT2D eigenvalue weighted by Gasteiger charge is 1.95. The van der Waals surface area contributed by atoms with Crippen LogP contribution in [0, 0.1) is 0 Å². The second kappa shape index (κ2) is 6.29. The number of amides is 1. The Bertz CT molecular complexity index is 112. The van der Waals surface area contributed by atoms with Crippen LogP contribution in [0.1, 0.15) is 6.42 Å². The molecule has 0 aromatic carbocycles. The van der Waals surface area contributed by atoms with E-state index in [9.17, 15) is 4.79 Å². The van der Waals surface area contributed by atoms with Crippen molar-refractivity contribution in [2.45, 2.75) is 6.42 Å². The van der Waals surface area contributed by atoms with Crippen molar-refractivity contribution in [1.82, 2.24) is 10.6 Å². The van der Waals surface area contributed by atoms with E-state index >= 15 is 0 Å². The van der Waals surface area contributed by atoms with Crippen molar-refractivity contribution in [2.75, 3.05) is 20.1 Å². The van der Waals surface area contributed by atoms with Crippen molar-refractivity contribution in [2.24, 2.45) is 0 Å². The molecule has 0 heterocycles. The third kappa shape index (κ3) is 5.31. The molecule has 0 atom stereocenters. The topological polar surface area (TPSA) is 41.1 Å². The molecule has 2 N–H and O–H groups in total. The van der Waals surface area contributed by atoms with Crippen LogP contribution in [-0.4, -0.2) is 26.0 Å². The lowest BCUT2D eigenvalue weighted by Crippen LogP contribution is -2.26. The fraction of sp³-hybridized carbons (Fsp3) is 0.571. The second-order valence-electron chi connectivity index (χ2n) is 1.95. The van der Waals surface area contributed by atoms with Gasteiger partial charge in [-0.2, -0.15) is 0 Å². The van der Waals surface area contributed by atoms with Gasteiger partial charge in [0.25, 0.3) is 0 Å². The van der Waals surface area contributed by atoms with Crippen molar-refractivity contribution in [3.63, 3.8) is 0 Å². The molecule has 0 saturated carbocycles. The molecule has 0 fully saturated rings. The standard InChI is InChI=1S/C7H14N2O/c1-3-5-9-7(10)4-6-8-2/h3,8H,1,4-6H2,2H3,(H,9,10). The zero-order valence-electron chi connectivity index (χ0n) is 6.31. The fourth-order valence-electron chi connectivity index (χ4n) is 0.513. The summed E-state index contributed by atoms with van der Waals surface area (Å²) < 4.78 is 0. The van der Waals surface area contributed by atoms with Gasteiger partial charge < -0.3 is 10.6 Å². The first-order valence-electron chi connectivity index (χ1n) is 3.33. The minimum Gasteiger partial charge on any atom is -0.353 e. The van der Waals surface area contributed by atoms with E-state index in [-0.39, 0.29) is 5.91 Å². The number of nitrogens with one attached hydrogen (secondary N) is 2. The molecule has 0 unspecified atom stereocenters. The Kier molecular flexibility index (Phi) is 5.77. The Morgan fingerprint density at radius 1 is 1.70 bits per heavy atom. The Hall–Kier alpha value is -0.830. The Balaban J connectivity index is 3.16. The first kappa shape index (κ1) is 9.17. The fourth-order valence-corrected chi connectivity index (χ4v) is 0.513. The lowest BCUT2D eigenvalue weighted by atomic mass is 10.4. The summed E-state index contributed by atoms with van der Waals surface area (Å²) in [4.78, 5) is 10.8. The lowest BCUT2D eigenvalue weighted by Gasteiger charge is -1.99. The van der Waals surface area contributed by atoms with E-state index in [1.54, 1.807) is 6.08 Å². The Morgan fingerprint density at radius 3 is 2.90 bits per heavy atom. The summed E-state index contributed by atoms with van der Waals surface area (Å²) in [6.07, 6.45) is 2.20. The van der Waals surface area contributed by atoms with Gasteiger partial charge in [0, 0.05) is 19.5 Å². The van der Waals surface area contributed by atoms with E-state index < -0.39 is 0 Å². The molecule has 1 amide bonds. The summed E-state index contributed by atoms with van der Waals surface area (Å²) in [5.41, 5.74) is 0. The minimum atomic E-state index is 0.0641. The van der Waals surface area contributed by atoms with Crippen LogP contribution >= 0.6 is 0 Å². The summed E-state index contributed by atoms with van der Waals surface area (Å²) in [6, 6.07) is 0. The van der Waals surface area contributed by atoms with Gasteiger partial charge in [-0.05, 0) is 7.05 Å². The van der Waals surface area contributed by atoms with Crippen LogP contribution in [-0.2, 0) is 4.79 Å². The zero-order chi connectivity index (χ0) is 7.82. The average molecular weight is 142 g/mol. The zero-order valence-corrected chi connectivity index (χ0v) is 6.31. The van der Waals surface area contributed by atoms with Crippen LogP contribution in [0.25, 0.3) is 0 Å². The Morgan fingerprint density at radius 2 is 2.40 bits per heavy atom. The maximum Gasteiger partial charge on any atom is 0.221 e. The molecule has 0 aliphatic heterocycles. The summed E-state index contributed by atoms with van der Waals surface area (Å²) in [6.45, 7) is 4.77. The normalized spacial score (nSPS) is 8.90. The number of hydrogen-bond donors (Lipinski definition) is 2. The molecule has 3 nitrogen and oxygen atoms in total. The number of hydrogen-bond acceptors (Lipinski definition) is 2. The van der Waals surface area contributed by atoms with Gasteiger partial charge in [-0.1, -0.05) is 6.08 Å². The highest BCUT2D eigenvalue weighted by Crippen LogP contribution is 1.74. The monoisotopic (exact) mass is 142 g/mol. The molecule has 0 rings (SSSR count). The van der Waals surface area contributed by atoms with Crippen molar-refractivity contribution in [1.29, 1.82) is 0 Å². The highest BCUT2D eigenvalue weighted by molar-refractivity contribution is 5.76. The molecule has 0 aromatic heterocycles. The van der Waals surface area contributed by atoms with E-state index in [1.165, 1.54) is 0 Å². The third-order valence-electron chi connectivity index (χ3n) is 1.05. The second-order valence-corrected chi connectivity index (χ2v) is 1.95. The molecule has 10 heavy (non-hydrogen) atoms. The number of carbonyl (C=O) groups is 1. The molecule has 0 aromatic rings. The van der Waals surface area contributed by atoms with Gasteiger partial charge in [0.15, 0.2) is 0 Å². The average Bonchev–Trinajstić information content (AvgIpc) is 1.97. The first-order chi connectivity index (χ1) is 4.81. The predicted molar refractivity (Wildman–Crippen MR) is 41.8 cm³/mol. The van der Waals surface area contributed by atoms with Gasteiger partial charge in [-0.25, -0.2) is 0 Å². The molecule has 0 aliphatic rings. The van der Waals surface area contributed by atoms with E-state index in [2.05, 4.69) is 17.2 Å². The summed E-state index contributed by atoms with van der Waals surface area (Å²) in [7, 11) is 1.82. The number of rotatable bonds is 5. The summed E-state index contributed by atoms with van der Waals surface area (Å²) in [5.74, 6) is 0.0641. The molecule has 58 valence electrons. The van der Waals surface area contributed by atoms with Crippen molar-refractivity contribution in [3.8, 4) is 0 Å². The van der Waals surface area contributed by atoms with Gasteiger partial charge in [-0.15, -0.1) is 6.58 Å².